The Hall–Kier alpha value is -1.98. The van der Waals surface area contributed by atoms with Crippen molar-refractivity contribution in [1.29, 1.82) is 0 Å². The maximum atomic E-state index is 12.6. The van der Waals surface area contributed by atoms with E-state index in [-0.39, 0.29) is 5.97 Å². The Bertz CT molecular complexity index is 716. The summed E-state index contributed by atoms with van der Waals surface area (Å²) in [6.07, 6.45) is 0.777. The molecule has 5 heteroatoms. The number of carbonyl (C=O) groups is 1. The molecule has 142 valence electrons. The zero-order valence-electron chi connectivity index (χ0n) is 16.3. The first-order valence-electron chi connectivity index (χ1n) is 9.11. The summed E-state index contributed by atoms with van der Waals surface area (Å²) >= 11 is 0. The highest BCUT2D eigenvalue weighted by atomic mass is 32.2. The van der Waals surface area contributed by atoms with E-state index < -0.39 is 11.0 Å². The Balaban J connectivity index is 0.000000791. The van der Waals surface area contributed by atoms with E-state index in [4.69, 9.17) is 4.74 Å². The number of hydrogen-bond donors (Lipinski definition) is 0. The Kier molecular flexibility index (Phi) is 9.84. The van der Waals surface area contributed by atoms with Crippen LogP contribution >= 0.6 is 0 Å². The molecule has 0 aromatic heterocycles. The van der Waals surface area contributed by atoms with E-state index >= 15 is 0 Å². The van der Waals surface area contributed by atoms with Crippen molar-refractivity contribution in [1.82, 2.24) is 4.31 Å². The minimum atomic E-state index is -1.15. The van der Waals surface area contributed by atoms with Gasteiger partial charge in [0, 0.05) is 13.1 Å². The van der Waals surface area contributed by atoms with Crippen molar-refractivity contribution in [3.05, 3.63) is 65.2 Å². The summed E-state index contributed by atoms with van der Waals surface area (Å²) in [7, 11) is 0.230. The number of ether oxygens (including phenoxy) is 1. The summed E-state index contributed by atoms with van der Waals surface area (Å²) in [6, 6.07) is 15.0. The fourth-order valence-corrected chi connectivity index (χ4v) is 3.80. The molecule has 1 heterocycles. The van der Waals surface area contributed by atoms with Crippen molar-refractivity contribution < 1.29 is 13.7 Å². The molecular weight excluding hydrogens is 346 g/mol. The molecule has 1 aliphatic heterocycles. The number of nitrogens with zero attached hydrogens (tertiary/aromatic N) is 1. The Morgan fingerprint density at radius 1 is 1.00 bits per heavy atom. The summed E-state index contributed by atoms with van der Waals surface area (Å²) in [5, 5.41) is 0. The van der Waals surface area contributed by atoms with E-state index in [0.29, 0.717) is 18.7 Å². The molecule has 0 saturated heterocycles. The predicted octanol–water partition coefficient (Wildman–Crippen LogP) is 4.61. The number of methoxy groups -OCH3 is 1. The Morgan fingerprint density at radius 2 is 1.65 bits per heavy atom. The Morgan fingerprint density at radius 3 is 2.27 bits per heavy atom. The van der Waals surface area contributed by atoms with E-state index in [0.717, 1.165) is 22.4 Å². The highest BCUT2D eigenvalue weighted by molar-refractivity contribution is 7.82. The zero-order valence-corrected chi connectivity index (χ0v) is 17.1. The molecule has 26 heavy (non-hydrogen) atoms. The third kappa shape index (κ3) is 5.51. The van der Waals surface area contributed by atoms with Gasteiger partial charge in [-0.05, 0) is 41.8 Å². The van der Waals surface area contributed by atoms with E-state index in [9.17, 15) is 9.00 Å². The first kappa shape index (κ1) is 22.1. The van der Waals surface area contributed by atoms with Crippen LogP contribution in [0, 0.1) is 0 Å². The van der Waals surface area contributed by atoms with Gasteiger partial charge in [0.25, 0.3) is 0 Å². The number of fused-ring (bicyclic) bond motifs is 1. The quantitative estimate of drug-likeness (QED) is 0.736. The van der Waals surface area contributed by atoms with Crippen LogP contribution in [0.3, 0.4) is 0 Å². The predicted molar refractivity (Wildman–Crippen MR) is 107 cm³/mol. The van der Waals surface area contributed by atoms with Crippen molar-refractivity contribution in [2.75, 3.05) is 13.7 Å². The van der Waals surface area contributed by atoms with E-state index in [1.807, 2.05) is 74.5 Å². The number of esters is 1. The van der Waals surface area contributed by atoms with Crippen LogP contribution in [0.25, 0.3) is 0 Å². The highest BCUT2D eigenvalue weighted by Crippen LogP contribution is 2.24. The summed E-state index contributed by atoms with van der Waals surface area (Å²) < 4.78 is 19.3. The molecule has 0 fully saturated rings. The zero-order chi connectivity index (χ0) is 19.5. The molecule has 1 unspecified atom stereocenters. The molecule has 0 aliphatic carbocycles. The molecule has 0 N–H and O–H groups in total. The van der Waals surface area contributed by atoms with Crippen LogP contribution in [0.15, 0.2) is 53.4 Å². The smallest absolute Gasteiger partial charge is 0.337 e. The lowest BCUT2D eigenvalue weighted by atomic mass is 9.98. The Labute approximate surface area is 159 Å². The second kappa shape index (κ2) is 11.6. The van der Waals surface area contributed by atoms with Gasteiger partial charge in [-0.2, -0.15) is 0 Å². The maximum absolute atomic E-state index is 12.6. The lowest BCUT2D eigenvalue weighted by molar-refractivity contribution is 0.0600. The van der Waals surface area contributed by atoms with Crippen LogP contribution in [0.2, 0.25) is 0 Å². The number of carbonyl (C=O) groups excluding carboxylic acids is 1. The lowest BCUT2D eigenvalue weighted by Gasteiger charge is -2.27. The molecular formula is C21H29NO3S. The van der Waals surface area contributed by atoms with Gasteiger partial charge in [0.05, 0.1) is 17.6 Å². The van der Waals surface area contributed by atoms with Gasteiger partial charge in [-0.15, -0.1) is 0 Å². The largest absolute Gasteiger partial charge is 0.465 e. The fraction of sp³-hybridized carbons (Fsp3) is 0.381. The maximum Gasteiger partial charge on any atom is 0.337 e. The van der Waals surface area contributed by atoms with Gasteiger partial charge in [-0.25, -0.2) is 13.3 Å². The molecule has 4 nitrogen and oxygen atoms in total. The fourth-order valence-electron chi connectivity index (χ4n) is 2.60. The van der Waals surface area contributed by atoms with Crippen molar-refractivity contribution in [2.45, 2.75) is 45.6 Å². The normalized spacial score (nSPS) is 13.9. The first-order valence-corrected chi connectivity index (χ1v) is 10.2. The highest BCUT2D eigenvalue weighted by Gasteiger charge is 2.22. The molecule has 1 aliphatic rings. The van der Waals surface area contributed by atoms with Crippen LogP contribution in [-0.4, -0.2) is 28.1 Å². The number of hydrogen-bond acceptors (Lipinski definition) is 3. The van der Waals surface area contributed by atoms with Gasteiger partial charge in [-0.1, -0.05) is 52.0 Å². The molecule has 2 aromatic rings. The lowest BCUT2D eigenvalue weighted by Crippen LogP contribution is -2.32. The van der Waals surface area contributed by atoms with Gasteiger partial charge < -0.3 is 4.74 Å². The average molecular weight is 376 g/mol. The van der Waals surface area contributed by atoms with Crippen molar-refractivity contribution in [2.24, 2.45) is 0 Å². The molecule has 2 aromatic carbocycles. The average Bonchev–Trinajstić information content (AvgIpc) is 2.75. The number of rotatable bonds is 3. The summed E-state index contributed by atoms with van der Waals surface area (Å²) in [4.78, 5) is 12.4. The second-order valence-electron chi connectivity index (χ2n) is 5.15. The van der Waals surface area contributed by atoms with Gasteiger partial charge in [0.1, 0.15) is 11.0 Å². The van der Waals surface area contributed by atoms with E-state index in [1.165, 1.54) is 7.11 Å². The third-order valence-corrected chi connectivity index (χ3v) is 5.24. The monoisotopic (exact) mass is 375 g/mol. The van der Waals surface area contributed by atoms with Crippen LogP contribution < -0.4 is 0 Å². The summed E-state index contributed by atoms with van der Waals surface area (Å²) in [5.41, 5.74) is 2.81. The minimum absolute atomic E-state index is 0.321. The number of benzene rings is 2. The molecule has 0 saturated carbocycles. The standard InChI is InChI=1S/C17H17NO3S.2C2H6/c1-21-17(19)14-7-8-15-12-18(10-9-13(15)11-14)22(20)16-5-3-2-4-6-16;2*1-2/h2-8,11H,9-10,12H2,1H3;2*1-2H3. The molecule has 0 spiro atoms. The van der Waals surface area contributed by atoms with Gasteiger partial charge in [-0.3, -0.25) is 0 Å². The van der Waals surface area contributed by atoms with E-state index in [2.05, 4.69) is 0 Å². The molecule has 0 amide bonds. The van der Waals surface area contributed by atoms with Gasteiger partial charge in [0.2, 0.25) is 0 Å². The van der Waals surface area contributed by atoms with Crippen LogP contribution in [0.5, 0.6) is 0 Å². The van der Waals surface area contributed by atoms with Crippen molar-refractivity contribution >= 4 is 17.0 Å². The van der Waals surface area contributed by atoms with Gasteiger partial charge in [0.15, 0.2) is 0 Å². The van der Waals surface area contributed by atoms with Crippen molar-refractivity contribution in [3.8, 4) is 0 Å². The molecule has 3 rings (SSSR count). The third-order valence-electron chi connectivity index (χ3n) is 3.78. The molecule has 0 bridgehead atoms. The minimum Gasteiger partial charge on any atom is -0.465 e. The molecule has 0 radical (unpaired) electrons. The summed E-state index contributed by atoms with van der Waals surface area (Å²) in [5.74, 6) is -0.321. The molecule has 1 atom stereocenters. The summed E-state index contributed by atoms with van der Waals surface area (Å²) in [6.45, 7) is 9.33. The van der Waals surface area contributed by atoms with Crippen LogP contribution in [-0.2, 0) is 28.7 Å². The first-order chi connectivity index (χ1) is 12.7. The second-order valence-corrected chi connectivity index (χ2v) is 6.64. The van der Waals surface area contributed by atoms with E-state index in [1.54, 1.807) is 6.07 Å². The topological polar surface area (TPSA) is 46.6 Å². The van der Waals surface area contributed by atoms with Gasteiger partial charge >= 0.3 is 5.97 Å². The van der Waals surface area contributed by atoms with Crippen LogP contribution in [0.4, 0.5) is 0 Å². The van der Waals surface area contributed by atoms with Crippen LogP contribution in [0.1, 0.15) is 49.2 Å². The van der Waals surface area contributed by atoms with Crippen molar-refractivity contribution in [3.63, 3.8) is 0 Å². The SMILES string of the molecule is CC.CC.COC(=O)c1ccc2c(c1)CCN(S(=O)c1ccccc1)C2.